The van der Waals surface area contributed by atoms with Crippen LogP contribution in [0.1, 0.15) is 57.8 Å². The van der Waals surface area contributed by atoms with Gasteiger partial charge in [0.15, 0.2) is 6.07 Å². The Morgan fingerprint density at radius 2 is 1.31 bits per heavy atom. The van der Waals surface area contributed by atoms with Gasteiger partial charge in [-0.3, -0.25) is 4.79 Å². The van der Waals surface area contributed by atoms with Gasteiger partial charge in [-0.2, -0.15) is 0 Å². The van der Waals surface area contributed by atoms with Gasteiger partial charge in [-0.15, -0.1) is 11.6 Å². The quantitative estimate of drug-likeness (QED) is 0.314. The van der Waals surface area contributed by atoms with Gasteiger partial charge in [0.05, 0.1) is 0 Å². The summed E-state index contributed by atoms with van der Waals surface area (Å²) in [7, 11) is 0. The highest BCUT2D eigenvalue weighted by Gasteiger charge is 2.00. The molecule has 0 bridgehead atoms. The summed E-state index contributed by atoms with van der Waals surface area (Å²) < 4.78 is 4.63. The molecule has 4 heteroatoms. The van der Waals surface area contributed by atoms with Crippen LogP contribution in [0.5, 0.6) is 0 Å². The first-order valence-corrected chi connectivity index (χ1v) is 7.15. The molecule has 0 fully saturated rings. The molecule has 0 atom stereocenters. The third-order valence-corrected chi connectivity index (χ3v) is 2.86. The average Bonchev–Trinajstić information content (AvgIpc) is 2.27. The Hall–Kier alpha value is 0.0500. The van der Waals surface area contributed by atoms with Crippen molar-refractivity contribution in [2.75, 3.05) is 11.9 Å². The van der Waals surface area contributed by atoms with E-state index in [1.54, 1.807) is 0 Å². The molecule has 0 rings (SSSR count). The summed E-state index contributed by atoms with van der Waals surface area (Å²) in [6.07, 6.45) is 9.91. The molecule has 96 valence electrons. The fraction of sp³-hybridized carbons (Fsp3) is 0.917. The van der Waals surface area contributed by atoms with E-state index in [9.17, 15) is 4.79 Å². The summed E-state index contributed by atoms with van der Waals surface area (Å²) in [6.45, 7) is 0. The van der Waals surface area contributed by atoms with Crippen LogP contribution in [0, 0.1) is 0 Å². The highest BCUT2D eigenvalue weighted by molar-refractivity contribution is 6.17. The molecular formula is C12H22Cl2O2. The fourth-order valence-electron chi connectivity index (χ4n) is 1.56. The molecule has 0 aliphatic carbocycles. The van der Waals surface area contributed by atoms with Gasteiger partial charge in [-0.1, -0.05) is 50.1 Å². The lowest BCUT2D eigenvalue weighted by Gasteiger charge is -2.02. The molecule has 0 amide bonds. The maximum absolute atomic E-state index is 10.9. The average molecular weight is 269 g/mol. The molecule has 0 radical (unpaired) electrons. The summed E-state index contributed by atoms with van der Waals surface area (Å²) >= 11 is 10.9. The normalized spacial score (nSPS) is 10.4. The molecule has 0 aliphatic rings. The van der Waals surface area contributed by atoms with Crippen molar-refractivity contribution in [1.82, 2.24) is 0 Å². The van der Waals surface area contributed by atoms with Gasteiger partial charge in [-0.05, 0) is 12.8 Å². The van der Waals surface area contributed by atoms with Gasteiger partial charge in [0.2, 0.25) is 0 Å². The van der Waals surface area contributed by atoms with E-state index in [1.165, 1.54) is 32.1 Å². The Morgan fingerprint density at radius 1 is 0.812 bits per heavy atom. The Labute approximate surface area is 109 Å². The summed E-state index contributed by atoms with van der Waals surface area (Å²) in [6, 6.07) is -0.0284. The fourth-order valence-corrected chi connectivity index (χ4v) is 1.87. The Morgan fingerprint density at radius 3 is 1.81 bits per heavy atom. The van der Waals surface area contributed by atoms with E-state index in [0.29, 0.717) is 6.42 Å². The lowest BCUT2D eigenvalue weighted by atomic mass is 10.1. The van der Waals surface area contributed by atoms with Gasteiger partial charge in [0, 0.05) is 12.3 Å². The molecule has 0 unspecified atom stereocenters. The van der Waals surface area contributed by atoms with E-state index in [-0.39, 0.29) is 12.0 Å². The molecule has 0 spiro atoms. The Bertz CT molecular complexity index is 163. The number of alkyl halides is 2. The van der Waals surface area contributed by atoms with Crippen LogP contribution in [0.4, 0.5) is 0 Å². The first kappa shape index (κ1) is 16.1. The van der Waals surface area contributed by atoms with Crippen molar-refractivity contribution in [1.29, 1.82) is 0 Å². The van der Waals surface area contributed by atoms with E-state index in [0.717, 1.165) is 25.1 Å². The highest BCUT2D eigenvalue weighted by atomic mass is 35.5. The smallest absolute Gasteiger partial charge is 0.306 e. The largest absolute Gasteiger partial charge is 0.449 e. The Balaban J connectivity index is 3.01. The SMILES string of the molecule is O=C(CCCCCCCCCCCl)OCCl. The van der Waals surface area contributed by atoms with Gasteiger partial charge < -0.3 is 4.74 Å². The predicted octanol–water partition coefficient (Wildman–Crippen LogP) is 4.48. The third kappa shape index (κ3) is 12.1. The lowest BCUT2D eigenvalue weighted by molar-refractivity contribution is -0.141. The molecule has 0 N–H and O–H groups in total. The minimum absolute atomic E-state index is 0.0284. The second-order valence-corrected chi connectivity index (χ2v) is 4.49. The number of carbonyl (C=O) groups is 1. The topological polar surface area (TPSA) is 26.3 Å². The number of rotatable bonds is 11. The first-order valence-electron chi connectivity index (χ1n) is 6.08. The van der Waals surface area contributed by atoms with Crippen LogP contribution in [0.15, 0.2) is 0 Å². The summed E-state index contributed by atoms with van der Waals surface area (Å²) in [5.74, 6) is 0.597. The maximum atomic E-state index is 10.9. The molecule has 0 aromatic carbocycles. The first-order chi connectivity index (χ1) is 7.81. The second-order valence-electron chi connectivity index (χ2n) is 3.89. The van der Waals surface area contributed by atoms with Gasteiger partial charge >= 0.3 is 5.97 Å². The maximum Gasteiger partial charge on any atom is 0.306 e. The van der Waals surface area contributed by atoms with E-state index in [2.05, 4.69) is 4.74 Å². The van der Waals surface area contributed by atoms with Crippen LogP contribution < -0.4 is 0 Å². The van der Waals surface area contributed by atoms with Crippen LogP contribution in [0.25, 0.3) is 0 Å². The van der Waals surface area contributed by atoms with Gasteiger partial charge in [-0.25, -0.2) is 0 Å². The minimum atomic E-state index is -0.183. The number of hydrogen-bond acceptors (Lipinski definition) is 2. The predicted molar refractivity (Wildman–Crippen MR) is 69.1 cm³/mol. The van der Waals surface area contributed by atoms with Crippen molar-refractivity contribution in [3.8, 4) is 0 Å². The molecule has 0 aromatic heterocycles. The van der Waals surface area contributed by atoms with Crippen molar-refractivity contribution in [3.63, 3.8) is 0 Å². The zero-order valence-corrected chi connectivity index (χ0v) is 11.4. The van der Waals surface area contributed by atoms with Crippen LogP contribution in [0.2, 0.25) is 0 Å². The van der Waals surface area contributed by atoms with E-state index >= 15 is 0 Å². The monoisotopic (exact) mass is 268 g/mol. The van der Waals surface area contributed by atoms with Crippen molar-refractivity contribution >= 4 is 29.2 Å². The number of unbranched alkanes of at least 4 members (excludes halogenated alkanes) is 7. The summed E-state index contributed by atoms with van der Waals surface area (Å²) in [5.41, 5.74) is 0. The van der Waals surface area contributed by atoms with E-state index < -0.39 is 0 Å². The van der Waals surface area contributed by atoms with Gasteiger partial charge in [0.25, 0.3) is 0 Å². The molecule has 16 heavy (non-hydrogen) atoms. The van der Waals surface area contributed by atoms with E-state index in [4.69, 9.17) is 23.2 Å². The molecule has 0 heterocycles. The van der Waals surface area contributed by atoms with E-state index in [1.807, 2.05) is 0 Å². The molecule has 0 aromatic rings. The number of hydrogen-bond donors (Lipinski definition) is 0. The lowest BCUT2D eigenvalue weighted by Crippen LogP contribution is -2.01. The highest BCUT2D eigenvalue weighted by Crippen LogP contribution is 2.10. The van der Waals surface area contributed by atoms with Crippen molar-refractivity contribution in [2.45, 2.75) is 57.8 Å². The number of carbonyl (C=O) groups excluding carboxylic acids is 1. The summed E-state index contributed by atoms with van der Waals surface area (Å²) in [4.78, 5) is 10.9. The van der Waals surface area contributed by atoms with Crippen LogP contribution in [0.3, 0.4) is 0 Å². The second kappa shape index (κ2) is 13.1. The van der Waals surface area contributed by atoms with Crippen LogP contribution >= 0.6 is 23.2 Å². The number of ether oxygens (including phenoxy) is 1. The van der Waals surface area contributed by atoms with Gasteiger partial charge in [0.1, 0.15) is 0 Å². The molecule has 2 nitrogen and oxygen atoms in total. The Kier molecular flexibility index (Phi) is 13.2. The molecule has 0 aliphatic heterocycles. The summed E-state index contributed by atoms with van der Waals surface area (Å²) in [5, 5.41) is 0. The van der Waals surface area contributed by atoms with Crippen LogP contribution in [-0.4, -0.2) is 17.9 Å². The van der Waals surface area contributed by atoms with Crippen molar-refractivity contribution < 1.29 is 9.53 Å². The zero-order chi connectivity index (χ0) is 12.1. The zero-order valence-electron chi connectivity index (χ0n) is 9.85. The minimum Gasteiger partial charge on any atom is -0.449 e. The van der Waals surface area contributed by atoms with Crippen molar-refractivity contribution in [2.24, 2.45) is 0 Å². The third-order valence-electron chi connectivity index (χ3n) is 2.48. The van der Waals surface area contributed by atoms with Crippen LogP contribution in [-0.2, 0) is 9.53 Å². The molecular weight excluding hydrogens is 247 g/mol. The molecule has 0 saturated heterocycles. The van der Waals surface area contributed by atoms with Crippen molar-refractivity contribution in [3.05, 3.63) is 0 Å². The standard InChI is InChI=1S/C12H22Cl2O2/c13-10-8-6-4-2-1-3-5-7-9-12(15)16-11-14/h1-11H2. The number of esters is 1. The number of halogens is 2. The molecule has 0 saturated carbocycles.